The van der Waals surface area contributed by atoms with Crippen LogP contribution < -0.4 is 5.56 Å². The van der Waals surface area contributed by atoms with Crippen LogP contribution in [0.1, 0.15) is 15.9 Å². The fourth-order valence-corrected chi connectivity index (χ4v) is 2.69. The number of benzene rings is 1. The molecule has 0 aliphatic heterocycles. The lowest BCUT2D eigenvalue weighted by atomic mass is 10.1. The maximum atomic E-state index is 13.0. The van der Waals surface area contributed by atoms with Crippen molar-refractivity contribution in [3.8, 4) is 0 Å². The Kier molecular flexibility index (Phi) is 5.04. The molecule has 8 heteroatoms. The van der Waals surface area contributed by atoms with Crippen LogP contribution in [0.3, 0.4) is 0 Å². The van der Waals surface area contributed by atoms with Crippen molar-refractivity contribution in [2.24, 2.45) is 0 Å². The van der Waals surface area contributed by atoms with Crippen LogP contribution in [0.2, 0.25) is 0 Å². The first-order chi connectivity index (χ1) is 13.2. The second kappa shape index (κ2) is 7.30. The zero-order valence-electron chi connectivity index (χ0n) is 15.1. The average Bonchev–Trinajstić information content (AvgIpc) is 2.66. The fourth-order valence-electron chi connectivity index (χ4n) is 2.69. The van der Waals surface area contributed by atoms with Crippen LogP contribution in [-0.4, -0.2) is 34.3 Å². The lowest BCUT2D eigenvalue weighted by Gasteiger charge is -2.14. The molecular formula is C20H16F3N3O2. The highest BCUT2D eigenvalue weighted by molar-refractivity contribution is 6.24. The Bertz CT molecular complexity index is 1110. The number of halogens is 3. The molecule has 0 unspecified atom stereocenters. The highest BCUT2D eigenvalue weighted by atomic mass is 19.4. The molecule has 0 N–H and O–H groups in total. The fraction of sp³-hybridized carbons (Fsp3) is 0.150. The molecule has 1 aromatic carbocycles. The molecule has 2 aromatic heterocycles. The summed E-state index contributed by atoms with van der Waals surface area (Å²) in [4.78, 5) is 31.4. The maximum absolute atomic E-state index is 13.0. The monoisotopic (exact) mass is 387 g/mol. The van der Waals surface area contributed by atoms with Gasteiger partial charge in [-0.25, -0.2) is 0 Å². The largest absolute Gasteiger partial charge is 0.416 e. The molecular weight excluding hydrogens is 371 g/mol. The highest BCUT2D eigenvalue weighted by Gasteiger charge is 2.30. The molecule has 0 bridgehead atoms. The van der Waals surface area contributed by atoms with E-state index in [0.29, 0.717) is 5.39 Å². The van der Waals surface area contributed by atoms with Gasteiger partial charge in [0, 0.05) is 43.6 Å². The summed E-state index contributed by atoms with van der Waals surface area (Å²) in [6, 6.07) is 8.93. The first kappa shape index (κ1) is 19.3. The van der Waals surface area contributed by atoms with E-state index < -0.39 is 23.1 Å². The Morgan fingerprint density at radius 3 is 2.39 bits per heavy atom. The van der Waals surface area contributed by atoms with Crippen molar-refractivity contribution in [1.29, 1.82) is 0 Å². The molecule has 0 aliphatic carbocycles. The molecule has 0 fully saturated rings. The Hall–Kier alpha value is -3.42. The van der Waals surface area contributed by atoms with Crippen LogP contribution in [-0.2, 0) is 6.18 Å². The van der Waals surface area contributed by atoms with E-state index in [1.807, 2.05) is 0 Å². The summed E-state index contributed by atoms with van der Waals surface area (Å²) in [5.74, 6) is -0.584. The molecule has 3 aromatic rings. The SMILES string of the molecule is CN(C)/C=C(/C(=O)c1ccc(C(F)(F)F)cc1)n1ccc2cccnc2c1=O. The zero-order valence-corrected chi connectivity index (χ0v) is 15.1. The van der Waals surface area contributed by atoms with Crippen molar-refractivity contribution in [3.63, 3.8) is 0 Å². The number of aromatic nitrogens is 2. The smallest absolute Gasteiger partial charge is 0.382 e. The normalized spacial score (nSPS) is 12.2. The number of nitrogens with zero attached hydrogens (tertiary/aromatic N) is 3. The van der Waals surface area contributed by atoms with Crippen LogP contribution in [0.25, 0.3) is 16.6 Å². The molecule has 0 spiro atoms. The second-order valence-corrected chi connectivity index (χ2v) is 6.31. The summed E-state index contributed by atoms with van der Waals surface area (Å²) >= 11 is 0. The summed E-state index contributed by atoms with van der Waals surface area (Å²) in [6.07, 6.45) is -0.133. The van der Waals surface area contributed by atoms with E-state index in [4.69, 9.17) is 0 Å². The predicted molar refractivity (Wildman–Crippen MR) is 99.7 cm³/mol. The first-order valence-electron chi connectivity index (χ1n) is 8.25. The van der Waals surface area contributed by atoms with E-state index in [1.165, 1.54) is 18.6 Å². The Labute approximate surface area is 158 Å². The molecule has 3 rings (SSSR count). The van der Waals surface area contributed by atoms with Gasteiger partial charge in [0.2, 0.25) is 5.78 Å². The summed E-state index contributed by atoms with van der Waals surface area (Å²) in [5.41, 5.74) is -1.12. The van der Waals surface area contributed by atoms with Gasteiger partial charge in [-0.3, -0.25) is 19.1 Å². The van der Waals surface area contributed by atoms with E-state index in [2.05, 4.69) is 4.98 Å². The molecule has 0 saturated heterocycles. The number of fused-ring (bicyclic) bond motifs is 1. The zero-order chi connectivity index (χ0) is 20.5. The third-order valence-electron chi connectivity index (χ3n) is 4.01. The standard InChI is InChI=1S/C20H16F3N3O2/c1-25(2)12-16(18(27)14-5-7-15(8-6-14)20(21,22)23)26-11-9-13-4-3-10-24-17(13)19(26)28/h3-12H,1-2H3/b16-12-. The van der Waals surface area contributed by atoms with Crippen molar-refractivity contribution in [1.82, 2.24) is 14.5 Å². The molecule has 0 radical (unpaired) electrons. The molecule has 0 atom stereocenters. The molecule has 2 heterocycles. The topological polar surface area (TPSA) is 55.2 Å². The van der Waals surface area contributed by atoms with E-state index in [1.54, 1.807) is 37.2 Å². The Balaban J connectivity index is 2.10. The lowest BCUT2D eigenvalue weighted by Crippen LogP contribution is -2.25. The third kappa shape index (κ3) is 3.80. The van der Waals surface area contributed by atoms with E-state index in [9.17, 15) is 22.8 Å². The molecule has 0 amide bonds. The number of alkyl halides is 3. The minimum Gasteiger partial charge on any atom is -0.382 e. The third-order valence-corrected chi connectivity index (χ3v) is 4.01. The average molecular weight is 387 g/mol. The molecule has 5 nitrogen and oxygen atoms in total. The second-order valence-electron chi connectivity index (χ2n) is 6.31. The summed E-state index contributed by atoms with van der Waals surface area (Å²) in [5, 5.41) is 0.620. The van der Waals surface area contributed by atoms with E-state index in [0.717, 1.165) is 28.8 Å². The summed E-state index contributed by atoms with van der Waals surface area (Å²) in [7, 11) is 3.34. The number of carbonyl (C=O) groups is 1. The van der Waals surface area contributed by atoms with Crippen LogP contribution >= 0.6 is 0 Å². The van der Waals surface area contributed by atoms with Gasteiger partial charge < -0.3 is 4.90 Å². The number of allylic oxidation sites excluding steroid dienone is 1. The van der Waals surface area contributed by atoms with Crippen molar-refractivity contribution >= 4 is 22.4 Å². The van der Waals surface area contributed by atoms with Gasteiger partial charge in [0.25, 0.3) is 5.56 Å². The van der Waals surface area contributed by atoms with Gasteiger partial charge in [0.15, 0.2) is 0 Å². The number of pyridine rings is 2. The Morgan fingerprint density at radius 2 is 1.79 bits per heavy atom. The number of Topliss-reactive ketones (excluding diaryl/α,β-unsaturated/α-hetero) is 1. The Morgan fingerprint density at radius 1 is 1.11 bits per heavy atom. The molecule has 0 aliphatic rings. The van der Waals surface area contributed by atoms with E-state index >= 15 is 0 Å². The number of hydrogen-bond donors (Lipinski definition) is 0. The van der Waals surface area contributed by atoms with Crippen LogP contribution in [0.5, 0.6) is 0 Å². The maximum Gasteiger partial charge on any atom is 0.416 e. The minimum atomic E-state index is -4.50. The van der Waals surface area contributed by atoms with Gasteiger partial charge in [-0.05, 0) is 24.3 Å². The van der Waals surface area contributed by atoms with Crippen LogP contribution in [0.4, 0.5) is 13.2 Å². The molecule has 0 saturated carbocycles. The first-order valence-corrected chi connectivity index (χ1v) is 8.25. The summed E-state index contributed by atoms with van der Waals surface area (Å²) in [6.45, 7) is 0. The predicted octanol–water partition coefficient (Wildman–Crippen LogP) is 3.66. The minimum absolute atomic E-state index is 0.00214. The van der Waals surface area contributed by atoms with Gasteiger partial charge in [0.05, 0.1) is 5.56 Å². The van der Waals surface area contributed by atoms with Gasteiger partial charge in [-0.15, -0.1) is 0 Å². The van der Waals surface area contributed by atoms with Crippen LogP contribution in [0, 0.1) is 0 Å². The quantitative estimate of drug-likeness (QED) is 0.507. The number of ketones is 1. The van der Waals surface area contributed by atoms with Crippen molar-refractivity contribution in [2.45, 2.75) is 6.18 Å². The molecule has 144 valence electrons. The number of carbonyl (C=O) groups excluding carboxylic acids is 1. The molecule has 28 heavy (non-hydrogen) atoms. The van der Waals surface area contributed by atoms with Crippen molar-refractivity contribution in [3.05, 3.63) is 82.5 Å². The van der Waals surface area contributed by atoms with Gasteiger partial charge >= 0.3 is 6.18 Å². The van der Waals surface area contributed by atoms with Gasteiger partial charge in [0.1, 0.15) is 11.2 Å². The highest BCUT2D eigenvalue weighted by Crippen LogP contribution is 2.29. The summed E-state index contributed by atoms with van der Waals surface area (Å²) < 4.78 is 39.4. The van der Waals surface area contributed by atoms with Gasteiger partial charge in [-0.2, -0.15) is 13.2 Å². The van der Waals surface area contributed by atoms with Crippen molar-refractivity contribution in [2.75, 3.05) is 14.1 Å². The van der Waals surface area contributed by atoms with Crippen molar-refractivity contribution < 1.29 is 18.0 Å². The van der Waals surface area contributed by atoms with E-state index in [-0.39, 0.29) is 16.8 Å². The van der Waals surface area contributed by atoms with Crippen LogP contribution in [0.15, 0.2) is 65.9 Å². The number of rotatable bonds is 4. The van der Waals surface area contributed by atoms with Gasteiger partial charge in [-0.1, -0.05) is 18.2 Å². The lowest BCUT2D eigenvalue weighted by molar-refractivity contribution is -0.137. The number of hydrogen-bond acceptors (Lipinski definition) is 4.